The Kier molecular flexibility index (Phi) is 6.44. The lowest BCUT2D eigenvalue weighted by molar-refractivity contribution is -0.122. The molecule has 1 N–H and O–H groups in total. The van der Waals surface area contributed by atoms with Crippen molar-refractivity contribution in [2.45, 2.75) is 4.90 Å². The molecule has 0 saturated carbocycles. The minimum Gasteiger partial charge on any atom is -0.484 e. The first-order valence-electron chi connectivity index (χ1n) is 6.57. The summed E-state index contributed by atoms with van der Waals surface area (Å²) in [5.41, 5.74) is 0. The van der Waals surface area contributed by atoms with Gasteiger partial charge in [0, 0.05) is 22.2 Å². The summed E-state index contributed by atoms with van der Waals surface area (Å²) in [7, 11) is 0. The molecule has 2 aromatic rings. The van der Waals surface area contributed by atoms with Gasteiger partial charge in [0.25, 0.3) is 5.91 Å². The van der Waals surface area contributed by atoms with Gasteiger partial charge in [0.1, 0.15) is 5.75 Å². The Labute approximate surface area is 133 Å². The molecule has 0 atom stereocenters. The monoisotopic (exact) mass is 321 g/mol. The SMILES string of the molecule is O=C(COc1ccccc1)NCCSc1ccc(Cl)cc1. The van der Waals surface area contributed by atoms with Crippen LogP contribution in [0.1, 0.15) is 0 Å². The number of para-hydroxylation sites is 1. The molecule has 5 heteroatoms. The fraction of sp³-hybridized carbons (Fsp3) is 0.188. The van der Waals surface area contributed by atoms with Gasteiger partial charge in [0.15, 0.2) is 6.61 Å². The van der Waals surface area contributed by atoms with Crippen molar-refractivity contribution in [3.63, 3.8) is 0 Å². The summed E-state index contributed by atoms with van der Waals surface area (Å²) >= 11 is 7.49. The van der Waals surface area contributed by atoms with Crippen LogP contribution in [0.5, 0.6) is 5.75 Å². The molecular weight excluding hydrogens is 306 g/mol. The van der Waals surface area contributed by atoms with E-state index in [0.29, 0.717) is 12.3 Å². The average molecular weight is 322 g/mol. The number of hydrogen-bond acceptors (Lipinski definition) is 3. The third-order valence-corrected chi connectivity index (χ3v) is 3.89. The van der Waals surface area contributed by atoms with Gasteiger partial charge < -0.3 is 10.1 Å². The Morgan fingerprint density at radius 2 is 1.81 bits per heavy atom. The highest BCUT2D eigenvalue weighted by atomic mass is 35.5. The molecule has 3 nitrogen and oxygen atoms in total. The quantitative estimate of drug-likeness (QED) is 0.625. The summed E-state index contributed by atoms with van der Waals surface area (Å²) in [5, 5.41) is 3.55. The maximum Gasteiger partial charge on any atom is 0.257 e. The van der Waals surface area contributed by atoms with Crippen LogP contribution >= 0.6 is 23.4 Å². The molecule has 2 rings (SSSR count). The molecule has 0 spiro atoms. The van der Waals surface area contributed by atoms with Gasteiger partial charge in [-0.3, -0.25) is 4.79 Å². The topological polar surface area (TPSA) is 38.3 Å². The Morgan fingerprint density at radius 3 is 2.52 bits per heavy atom. The number of ether oxygens (including phenoxy) is 1. The summed E-state index contributed by atoms with van der Waals surface area (Å²) in [5.74, 6) is 1.39. The van der Waals surface area contributed by atoms with E-state index in [1.165, 1.54) is 0 Å². The molecule has 2 aromatic carbocycles. The van der Waals surface area contributed by atoms with Gasteiger partial charge in [0.2, 0.25) is 0 Å². The second-order valence-corrected chi connectivity index (χ2v) is 5.86. The van der Waals surface area contributed by atoms with Crippen molar-refractivity contribution in [1.82, 2.24) is 5.32 Å². The van der Waals surface area contributed by atoms with Crippen molar-refractivity contribution >= 4 is 29.3 Å². The van der Waals surface area contributed by atoms with Crippen molar-refractivity contribution < 1.29 is 9.53 Å². The van der Waals surface area contributed by atoms with E-state index in [1.807, 2.05) is 54.6 Å². The van der Waals surface area contributed by atoms with E-state index in [-0.39, 0.29) is 12.5 Å². The molecular formula is C16H16ClNO2S. The Balaban J connectivity index is 1.60. The smallest absolute Gasteiger partial charge is 0.257 e. The average Bonchev–Trinajstić information content (AvgIpc) is 2.52. The molecule has 110 valence electrons. The number of rotatable bonds is 7. The van der Waals surface area contributed by atoms with Crippen LogP contribution in [-0.2, 0) is 4.79 Å². The van der Waals surface area contributed by atoms with E-state index in [9.17, 15) is 4.79 Å². The summed E-state index contributed by atoms with van der Waals surface area (Å²) in [6, 6.07) is 16.9. The minimum absolute atomic E-state index is 0.0373. The molecule has 0 aromatic heterocycles. The first kappa shape index (κ1) is 15.7. The third-order valence-electron chi connectivity index (χ3n) is 2.62. The highest BCUT2D eigenvalue weighted by Crippen LogP contribution is 2.19. The third kappa shape index (κ3) is 6.10. The predicted octanol–water partition coefficient (Wildman–Crippen LogP) is 3.63. The summed E-state index contributed by atoms with van der Waals surface area (Å²) in [4.78, 5) is 12.7. The lowest BCUT2D eigenvalue weighted by atomic mass is 10.3. The molecule has 0 aliphatic rings. The van der Waals surface area contributed by atoms with Gasteiger partial charge in [-0.15, -0.1) is 11.8 Å². The largest absolute Gasteiger partial charge is 0.484 e. The Morgan fingerprint density at radius 1 is 1.10 bits per heavy atom. The van der Waals surface area contributed by atoms with Crippen LogP contribution in [0.2, 0.25) is 5.02 Å². The van der Waals surface area contributed by atoms with Gasteiger partial charge in [-0.2, -0.15) is 0 Å². The zero-order chi connectivity index (χ0) is 14.9. The number of nitrogens with one attached hydrogen (secondary N) is 1. The molecule has 1 amide bonds. The van der Waals surface area contributed by atoms with E-state index in [2.05, 4.69) is 5.32 Å². The van der Waals surface area contributed by atoms with Crippen molar-refractivity contribution in [3.05, 3.63) is 59.6 Å². The summed E-state index contributed by atoms with van der Waals surface area (Å²) in [6.07, 6.45) is 0. The number of carbonyl (C=O) groups excluding carboxylic acids is 1. The van der Waals surface area contributed by atoms with Gasteiger partial charge >= 0.3 is 0 Å². The molecule has 0 aliphatic heterocycles. The first-order valence-corrected chi connectivity index (χ1v) is 7.93. The van der Waals surface area contributed by atoms with E-state index < -0.39 is 0 Å². The molecule has 0 saturated heterocycles. The van der Waals surface area contributed by atoms with Crippen molar-refractivity contribution in [1.29, 1.82) is 0 Å². The van der Waals surface area contributed by atoms with E-state index in [1.54, 1.807) is 11.8 Å². The number of benzene rings is 2. The molecule has 0 radical (unpaired) electrons. The summed E-state index contributed by atoms with van der Waals surface area (Å²) in [6.45, 7) is 0.639. The van der Waals surface area contributed by atoms with E-state index in [0.717, 1.165) is 15.7 Å². The lowest BCUT2D eigenvalue weighted by Crippen LogP contribution is -2.30. The number of hydrogen-bond donors (Lipinski definition) is 1. The Hall–Kier alpha value is -1.65. The number of amides is 1. The van der Waals surface area contributed by atoms with Crippen molar-refractivity contribution in [2.75, 3.05) is 18.9 Å². The highest BCUT2D eigenvalue weighted by molar-refractivity contribution is 7.99. The van der Waals surface area contributed by atoms with Crippen LogP contribution < -0.4 is 10.1 Å². The zero-order valence-corrected chi connectivity index (χ0v) is 13.0. The Bertz CT molecular complexity index is 560. The highest BCUT2D eigenvalue weighted by Gasteiger charge is 2.02. The molecule has 0 heterocycles. The molecule has 21 heavy (non-hydrogen) atoms. The second-order valence-electron chi connectivity index (χ2n) is 4.25. The van der Waals surface area contributed by atoms with Crippen LogP contribution in [0, 0.1) is 0 Å². The van der Waals surface area contributed by atoms with Crippen LogP contribution in [0.15, 0.2) is 59.5 Å². The molecule has 0 bridgehead atoms. The minimum atomic E-state index is -0.115. The van der Waals surface area contributed by atoms with Gasteiger partial charge in [-0.05, 0) is 36.4 Å². The van der Waals surface area contributed by atoms with E-state index >= 15 is 0 Å². The molecule has 0 unspecified atom stereocenters. The number of thioether (sulfide) groups is 1. The van der Waals surface area contributed by atoms with Gasteiger partial charge in [-0.25, -0.2) is 0 Å². The number of halogens is 1. The standard InChI is InChI=1S/C16H16ClNO2S/c17-13-6-8-15(9-7-13)21-11-10-18-16(19)12-20-14-4-2-1-3-5-14/h1-9H,10-12H2,(H,18,19). The second kappa shape index (κ2) is 8.60. The van der Waals surface area contributed by atoms with Gasteiger partial charge in [0.05, 0.1) is 0 Å². The van der Waals surface area contributed by atoms with Crippen LogP contribution in [0.3, 0.4) is 0 Å². The van der Waals surface area contributed by atoms with Crippen molar-refractivity contribution in [3.8, 4) is 5.75 Å². The lowest BCUT2D eigenvalue weighted by Gasteiger charge is -2.07. The fourth-order valence-electron chi connectivity index (χ4n) is 1.61. The molecule has 0 aliphatic carbocycles. The number of carbonyl (C=O) groups is 1. The maximum absolute atomic E-state index is 11.6. The predicted molar refractivity (Wildman–Crippen MR) is 87.1 cm³/mol. The van der Waals surface area contributed by atoms with E-state index in [4.69, 9.17) is 16.3 Å². The van der Waals surface area contributed by atoms with Crippen molar-refractivity contribution in [2.24, 2.45) is 0 Å². The normalized spacial score (nSPS) is 10.1. The summed E-state index contributed by atoms with van der Waals surface area (Å²) < 4.78 is 5.36. The van der Waals surface area contributed by atoms with Gasteiger partial charge in [-0.1, -0.05) is 29.8 Å². The first-order chi connectivity index (χ1) is 10.2. The maximum atomic E-state index is 11.6. The van der Waals surface area contributed by atoms with Crippen LogP contribution in [0.4, 0.5) is 0 Å². The van der Waals surface area contributed by atoms with Crippen LogP contribution in [0.25, 0.3) is 0 Å². The fourth-order valence-corrected chi connectivity index (χ4v) is 2.50. The molecule has 0 fully saturated rings. The van der Waals surface area contributed by atoms with Crippen LogP contribution in [-0.4, -0.2) is 24.8 Å². The zero-order valence-electron chi connectivity index (χ0n) is 11.4.